The number of carbonyl (C=O) groups is 1. The van der Waals surface area contributed by atoms with Gasteiger partial charge in [-0.05, 0) is 13.8 Å². The third-order valence-corrected chi connectivity index (χ3v) is 1.04. The molecule has 3 nitrogen and oxygen atoms in total. The van der Waals surface area contributed by atoms with Crippen LogP contribution in [0.15, 0.2) is 11.6 Å². The molecule has 0 atom stereocenters. The fraction of sp³-hybridized carbons (Fsp3) is 0.500. The van der Waals surface area contributed by atoms with Crippen LogP contribution in [0.5, 0.6) is 0 Å². The summed E-state index contributed by atoms with van der Waals surface area (Å²) in [5.41, 5.74) is 0.728. The zero-order valence-electron chi connectivity index (χ0n) is 6.76. The summed E-state index contributed by atoms with van der Waals surface area (Å²) < 4.78 is 4.67. The molecule has 0 aliphatic carbocycles. The summed E-state index contributed by atoms with van der Waals surface area (Å²) in [6.07, 6.45) is 1.55. The quantitative estimate of drug-likeness (QED) is 0.455. The number of rotatable bonds is 3. The van der Waals surface area contributed by atoms with Crippen molar-refractivity contribution in [2.24, 2.45) is 0 Å². The highest BCUT2D eigenvalue weighted by molar-refractivity contribution is 5.72. The molecular formula is C8H11NO2. The van der Waals surface area contributed by atoms with Gasteiger partial charge in [0.05, 0.1) is 19.1 Å². The summed E-state index contributed by atoms with van der Waals surface area (Å²) in [5, 5.41) is 8.20. The average molecular weight is 153 g/mol. The second-order valence-electron chi connectivity index (χ2n) is 2.10. The molecule has 60 valence electrons. The van der Waals surface area contributed by atoms with Gasteiger partial charge in [0.25, 0.3) is 0 Å². The molecule has 3 heteroatoms. The number of allylic oxidation sites excluding steroid dienone is 1. The lowest BCUT2D eigenvalue weighted by molar-refractivity contribution is -0.142. The van der Waals surface area contributed by atoms with E-state index in [2.05, 4.69) is 4.74 Å². The molecule has 0 aliphatic rings. The Morgan fingerprint density at radius 2 is 2.36 bits per heavy atom. The van der Waals surface area contributed by atoms with Crippen molar-refractivity contribution in [1.82, 2.24) is 0 Å². The molecule has 0 N–H and O–H groups in total. The summed E-state index contributed by atoms with van der Waals surface area (Å²) in [5.74, 6) is -0.281. The van der Waals surface area contributed by atoms with Crippen LogP contribution in [0.3, 0.4) is 0 Å². The molecule has 11 heavy (non-hydrogen) atoms. The molecule has 0 amide bonds. The summed E-state index contributed by atoms with van der Waals surface area (Å²) >= 11 is 0. The van der Waals surface area contributed by atoms with Crippen LogP contribution in [-0.4, -0.2) is 12.6 Å². The van der Waals surface area contributed by atoms with Crippen molar-refractivity contribution >= 4 is 5.97 Å². The number of hydrogen-bond acceptors (Lipinski definition) is 3. The maximum atomic E-state index is 10.8. The van der Waals surface area contributed by atoms with Gasteiger partial charge in [-0.15, -0.1) is 0 Å². The SMILES string of the molecule is CCOC(=O)C/C(C)=C\C#N. The molecule has 0 saturated carbocycles. The monoisotopic (exact) mass is 153 g/mol. The van der Waals surface area contributed by atoms with Crippen molar-refractivity contribution in [2.75, 3.05) is 6.61 Å². The van der Waals surface area contributed by atoms with E-state index in [0.29, 0.717) is 6.61 Å². The predicted octanol–water partition coefficient (Wildman–Crippen LogP) is 1.41. The number of esters is 1. The van der Waals surface area contributed by atoms with Gasteiger partial charge in [0.15, 0.2) is 0 Å². The van der Waals surface area contributed by atoms with E-state index >= 15 is 0 Å². The maximum Gasteiger partial charge on any atom is 0.309 e. The fourth-order valence-corrected chi connectivity index (χ4v) is 0.601. The zero-order valence-corrected chi connectivity index (χ0v) is 6.76. The lowest BCUT2D eigenvalue weighted by Crippen LogP contribution is -2.03. The molecule has 0 spiro atoms. The van der Waals surface area contributed by atoms with Crippen molar-refractivity contribution in [3.63, 3.8) is 0 Å². The molecule has 0 aliphatic heterocycles. The van der Waals surface area contributed by atoms with E-state index in [0.717, 1.165) is 5.57 Å². The number of nitriles is 1. The topological polar surface area (TPSA) is 50.1 Å². The van der Waals surface area contributed by atoms with Gasteiger partial charge in [0, 0.05) is 6.08 Å². The van der Waals surface area contributed by atoms with E-state index in [1.165, 1.54) is 6.08 Å². The van der Waals surface area contributed by atoms with Gasteiger partial charge in [0.2, 0.25) is 0 Å². The van der Waals surface area contributed by atoms with Gasteiger partial charge in [-0.25, -0.2) is 0 Å². The van der Waals surface area contributed by atoms with Gasteiger partial charge in [-0.3, -0.25) is 4.79 Å². The molecule has 0 bridgehead atoms. The zero-order chi connectivity index (χ0) is 8.69. The normalized spacial score (nSPS) is 10.5. The van der Waals surface area contributed by atoms with E-state index in [1.807, 2.05) is 6.07 Å². The first-order valence-electron chi connectivity index (χ1n) is 3.41. The number of ether oxygens (including phenoxy) is 1. The second kappa shape index (κ2) is 5.48. The smallest absolute Gasteiger partial charge is 0.309 e. The van der Waals surface area contributed by atoms with Crippen molar-refractivity contribution in [3.05, 3.63) is 11.6 Å². The van der Waals surface area contributed by atoms with Gasteiger partial charge in [-0.1, -0.05) is 5.57 Å². The van der Waals surface area contributed by atoms with Crippen LogP contribution in [0.4, 0.5) is 0 Å². The molecule has 0 aromatic rings. The van der Waals surface area contributed by atoms with E-state index < -0.39 is 0 Å². The van der Waals surface area contributed by atoms with E-state index in [9.17, 15) is 4.79 Å². The standard InChI is InChI=1S/C8H11NO2/c1-3-11-8(10)6-7(2)4-5-9/h4H,3,6H2,1-2H3/b7-4-. The number of carbonyl (C=O) groups excluding carboxylic acids is 1. The Morgan fingerprint density at radius 1 is 1.73 bits per heavy atom. The molecule has 0 radical (unpaired) electrons. The molecule has 0 heterocycles. The highest BCUT2D eigenvalue weighted by atomic mass is 16.5. The Morgan fingerprint density at radius 3 is 2.82 bits per heavy atom. The Kier molecular flexibility index (Phi) is 4.83. The Labute approximate surface area is 66.3 Å². The van der Waals surface area contributed by atoms with Crippen molar-refractivity contribution in [2.45, 2.75) is 20.3 Å². The van der Waals surface area contributed by atoms with Crippen LogP contribution in [-0.2, 0) is 9.53 Å². The first-order valence-corrected chi connectivity index (χ1v) is 3.41. The van der Waals surface area contributed by atoms with Crippen LogP contribution in [0.1, 0.15) is 20.3 Å². The Balaban J connectivity index is 3.77. The minimum absolute atomic E-state index is 0.210. The minimum Gasteiger partial charge on any atom is -0.466 e. The van der Waals surface area contributed by atoms with Crippen molar-refractivity contribution in [3.8, 4) is 6.07 Å². The number of nitrogens with zero attached hydrogens (tertiary/aromatic N) is 1. The Bertz CT molecular complexity index is 201. The third kappa shape index (κ3) is 5.16. The molecule has 0 fully saturated rings. The second-order valence-corrected chi connectivity index (χ2v) is 2.10. The molecule has 0 rings (SSSR count). The fourth-order valence-electron chi connectivity index (χ4n) is 0.601. The Hall–Kier alpha value is -1.30. The van der Waals surface area contributed by atoms with Gasteiger partial charge >= 0.3 is 5.97 Å². The van der Waals surface area contributed by atoms with Crippen LogP contribution in [0.2, 0.25) is 0 Å². The summed E-state index contributed by atoms with van der Waals surface area (Å²) in [4.78, 5) is 10.8. The lowest BCUT2D eigenvalue weighted by Gasteiger charge is -1.99. The van der Waals surface area contributed by atoms with E-state index in [1.54, 1.807) is 13.8 Å². The third-order valence-electron chi connectivity index (χ3n) is 1.04. The van der Waals surface area contributed by atoms with Gasteiger partial charge < -0.3 is 4.74 Å². The minimum atomic E-state index is -0.281. The van der Waals surface area contributed by atoms with Crippen molar-refractivity contribution in [1.29, 1.82) is 5.26 Å². The molecular weight excluding hydrogens is 142 g/mol. The summed E-state index contributed by atoms with van der Waals surface area (Å²) in [6.45, 7) is 3.86. The van der Waals surface area contributed by atoms with E-state index in [4.69, 9.17) is 5.26 Å². The molecule has 0 aromatic heterocycles. The van der Waals surface area contributed by atoms with Crippen LogP contribution in [0.25, 0.3) is 0 Å². The first kappa shape index (κ1) is 9.70. The largest absolute Gasteiger partial charge is 0.466 e. The molecule has 0 aromatic carbocycles. The average Bonchev–Trinajstić information content (AvgIpc) is 1.87. The predicted molar refractivity (Wildman–Crippen MR) is 40.6 cm³/mol. The van der Waals surface area contributed by atoms with Crippen LogP contribution < -0.4 is 0 Å². The van der Waals surface area contributed by atoms with Crippen molar-refractivity contribution < 1.29 is 9.53 Å². The molecule has 0 saturated heterocycles. The van der Waals surface area contributed by atoms with Crippen LogP contribution in [0, 0.1) is 11.3 Å². The van der Waals surface area contributed by atoms with Crippen LogP contribution >= 0.6 is 0 Å². The number of hydrogen-bond donors (Lipinski definition) is 0. The summed E-state index contributed by atoms with van der Waals surface area (Å²) in [6, 6.07) is 1.85. The van der Waals surface area contributed by atoms with Gasteiger partial charge in [-0.2, -0.15) is 5.26 Å². The highest BCUT2D eigenvalue weighted by Gasteiger charge is 2.01. The van der Waals surface area contributed by atoms with E-state index in [-0.39, 0.29) is 12.4 Å². The van der Waals surface area contributed by atoms with Gasteiger partial charge in [0.1, 0.15) is 0 Å². The highest BCUT2D eigenvalue weighted by Crippen LogP contribution is 2.00. The lowest BCUT2D eigenvalue weighted by atomic mass is 10.2. The maximum absolute atomic E-state index is 10.8. The first-order chi connectivity index (χ1) is 5.20. The summed E-state index contributed by atoms with van der Waals surface area (Å²) in [7, 11) is 0. The molecule has 0 unspecified atom stereocenters.